The van der Waals surface area contributed by atoms with E-state index >= 15 is 0 Å². The Morgan fingerprint density at radius 3 is 2.79 bits per heavy atom. The van der Waals surface area contributed by atoms with Crippen LogP contribution in [0.4, 0.5) is 5.13 Å². The number of rotatable bonds is 5. The summed E-state index contributed by atoms with van der Waals surface area (Å²) in [6, 6.07) is 11.8. The van der Waals surface area contributed by atoms with Crippen molar-refractivity contribution in [2.24, 2.45) is 0 Å². The molecule has 3 aromatic heterocycles. The van der Waals surface area contributed by atoms with E-state index in [1.165, 1.54) is 11.3 Å². The molecule has 0 N–H and O–H groups in total. The molecule has 0 aliphatic rings. The molecule has 28 heavy (non-hydrogen) atoms. The van der Waals surface area contributed by atoms with Crippen molar-refractivity contribution >= 4 is 32.6 Å². The van der Waals surface area contributed by atoms with Gasteiger partial charge in [-0.05, 0) is 50.1 Å². The smallest absolute Gasteiger partial charge is 0.278 e. The Bertz CT molecular complexity index is 1130. The van der Waals surface area contributed by atoms with E-state index in [0.717, 1.165) is 27.0 Å². The van der Waals surface area contributed by atoms with E-state index in [-0.39, 0.29) is 5.91 Å². The normalized spacial score (nSPS) is 11.1. The third kappa shape index (κ3) is 3.41. The summed E-state index contributed by atoms with van der Waals surface area (Å²) in [5.74, 6) is -0.108. The molecule has 0 unspecified atom stereocenters. The highest BCUT2D eigenvalue weighted by atomic mass is 32.1. The van der Waals surface area contributed by atoms with Gasteiger partial charge in [-0.3, -0.25) is 19.4 Å². The molecule has 0 bridgehead atoms. The lowest BCUT2D eigenvalue weighted by Gasteiger charge is -2.20. The Morgan fingerprint density at radius 1 is 1.21 bits per heavy atom. The molecule has 1 amide bonds. The second-order valence-corrected chi connectivity index (χ2v) is 7.67. The van der Waals surface area contributed by atoms with Crippen LogP contribution in [0.1, 0.15) is 34.2 Å². The molecule has 0 atom stereocenters. The molecule has 0 spiro atoms. The average molecular weight is 392 g/mol. The quantitative estimate of drug-likeness (QED) is 0.507. The van der Waals surface area contributed by atoms with Gasteiger partial charge in [0.2, 0.25) is 0 Å². The van der Waals surface area contributed by atoms with E-state index in [4.69, 9.17) is 4.98 Å². The van der Waals surface area contributed by atoms with Crippen LogP contribution in [0, 0.1) is 13.8 Å². The van der Waals surface area contributed by atoms with Crippen molar-refractivity contribution in [3.05, 3.63) is 71.3 Å². The Labute approximate surface area is 167 Å². The molecule has 142 valence electrons. The zero-order chi connectivity index (χ0) is 19.7. The first-order chi connectivity index (χ1) is 13.6. The predicted octanol–water partition coefficient (Wildman–Crippen LogP) is 4.37. The van der Waals surface area contributed by atoms with E-state index in [2.05, 4.69) is 10.1 Å². The van der Waals surface area contributed by atoms with Crippen LogP contribution in [0.2, 0.25) is 0 Å². The molecule has 3 heterocycles. The molecular weight excluding hydrogens is 370 g/mol. The number of aryl methyl sites for hydroxylation is 3. The molecule has 0 saturated carbocycles. The van der Waals surface area contributed by atoms with Crippen LogP contribution in [-0.4, -0.2) is 25.7 Å². The largest absolute Gasteiger partial charge is 0.278 e. The van der Waals surface area contributed by atoms with Crippen molar-refractivity contribution in [2.45, 2.75) is 33.9 Å². The van der Waals surface area contributed by atoms with Gasteiger partial charge >= 0.3 is 0 Å². The lowest BCUT2D eigenvalue weighted by atomic mass is 10.2. The van der Waals surface area contributed by atoms with E-state index in [0.29, 0.717) is 23.9 Å². The van der Waals surface area contributed by atoms with Crippen molar-refractivity contribution in [3.8, 4) is 0 Å². The van der Waals surface area contributed by atoms with Gasteiger partial charge in [-0.1, -0.05) is 29.5 Å². The van der Waals surface area contributed by atoms with Crippen molar-refractivity contribution < 1.29 is 4.79 Å². The Balaban J connectivity index is 1.81. The monoisotopic (exact) mass is 391 g/mol. The zero-order valence-corrected chi connectivity index (χ0v) is 16.9. The first kappa shape index (κ1) is 18.3. The van der Waals surface area contributed by atoms with Crippen molar-refractivity contribution in [1.82, 2.24) is 19.7 Å². The number of amides is 1. The number of para-hydroxylation sites is 1. The average Bonchev–Trinajstić information content (AvgIpc) is 3.30. The molecular formula is C21H21N5OS. The number of hydrogen-bond donors (Lipinski definition) is 0. The minimum absolute atomic E-state index is 0.108. The standard InChI is InChI=1S/C21H21N5OS/c1-4-26-17(11-15(3)24-26)20(27)25(13-16-8-6-10-22-12-16)21-23-19-14(2)7-5-9-18(19)28-21/h5-12H,4,13H2,1-3H3. The van der Waals surface area contributed by atoms with Gasteiger partial charge in [0.1, 0.15) is 5.69 Å². The highest BCUT2D eigenvalue weighted by Crippen LogP contribution is 2.32. The van der Waals surface area contributed by atoms with Crippen LogP contribution >= 0.6 is 11.3 Å². The summed E-state index contributed by atoms with van der Waals surface area (Å²) >= 11 is 1.53. The molecule has 4 rings (SSSR count). The van der Waals surface area contributed by atoms with Gasteiger partial charge < -0.3 is 0 Å². The number of hydrogen-bond acceptors (Lipinski definition) is 5. The van der Waals surface area contributed by atoms with Gasteiger partial charge in [-0.25, -0.2) is 4.98 Å². The van der Waals surface area contributed by atoms with Gasteiger partial charge in [-0.2, -0.15) is 5.10 Å². The highest BCUT2D eigenvalue weighted by molar-refractivity contribution is 7.22. The SMILES string of the molecule is CCn1nc(C)cc1C(=O)N(Cc1cccnc1)c1nc2c(C)cccc2s1. The number of anilines is 1. The zero-order valence-electron chi connectivity index (χ0n) is 16.1. The fraction of sp³-hybridized carbons (Fsp3) is 0.238. The Hall–Kier alpha value is -3.06. The number of benzene rings is 1. The molecule has 7 heteroatoms. The lowest BCUT2D eigenvalue weighted by Crippen LogP contribution is -2.32. The molecule has 0 radical (unpaired) electrons. The van der Waals surface area contributed by atoms with Crippen LogP contribution in [0.3, 0.4) is 0 Å². The Morgan fingerprint density at radius 2 is 2.07 bits per heavy atom. The minimum atomic E-state index is -0.108. The second-order valence-electron chi connectivity index (χ2n) is 6.66. The number of thiazole rings is 1. The van der Waals surface area contributed by atoms with Crippen molar-refractivity contribution in [2.75, 3.05) is 4.90 Å². The number of carbonyl (C=O) groups is 1. The number of pyridine rings is 1. The summed E-state index contributed by atoms with van der Waals surface area (Å²) in [6.45, 7) is 6.95. The first-order valence-electron chi connectivity index (χ1n) is 9.18. The number of aromatic nitrogens is 4. The van der Waals surface area contributed by atoms with Gasteiger partial charge in [0, 0.05) is 18.9 Å². The third-order valence-corrected chi connectivity index (χ3v) is 5.61. The van der Waals surface area contributed by atoms with Crippen LogP contribution in [0.5, 0.6) is 0 Å². The maximum Gasteiger partial charge on any atom is 0.278 e. The molecule has 6 nitrogen and oxygen atoms in total. The van der Waals surface area contributed by atoms with Crippen LogP contribution in [0.25, 0.3) is 10.2 Å². The van der Waals surface area contributed by atoms with Crippen LogP contribution in [0.15, 0.2) is 48.8 Å². The second kappa shape index (κ2) is 7.52. The topological polar surface area (TPSA) is 63.9 Å². The third-order valence-electron chi connectivity index (χ3n) is 4.57. The first-order valence-corrected chi connectivity index (χ1v) is 10.00. The highest BCUT2D eigenvalue weighted by Gasteiger charge is 2.25. The predicted molar refractivity (Wildman–Crippen MR) is 112 cm³/mol. The van der Waals surface area contributed by atoms with Crippen molar-refractivity contribution in [3.63, 3.8) is 0 Å². The van der Waals surface area contributed by atoms with Gasteiger partial charge in [0.05, 0.1) is 22.5 Å². The van der Waals surface area contributed by atoms with Gasteiger partial charge in [-0.15, -0.1) is 0 Å². The minimum Gasteiger partial charge on any atom is -0.278 e. The molecule has 0 aliphatic carbocycles. The van der Waals surface area contributed by atoms with Crippen LogP contribution < -0.4 is 4.90 Å². The van der Waals surface area contributed by atoms with Gasteiger partial charge in [0.25, 0.3) is 5.91 Å². The molecule has 0 saturated heterocycles. The summed E-state index contributed by atoms with van der Waals surface area (Å²) in [7, 11) is 0. The number of carbonyl (C=O) groups excluding carboxylic acids is 1. The molecule has 0 fully saturated rings. The number of fused-ring (bicyclic) bond motifs is 1. The van der Waals surface area contributed by atoms with Gasteiger partial charge in [0.15, 0.2) is 5.13 Å². The molecule has 1 aromatic carbocycles. The van der Waals surface area contributed by atoms with E-state index in [1.54, 1.807) is 22.0 Å². The Kier molecular flexibility index (Phi) is 4.92. The lowest BCUT2D eigenvalue weighted by molar-refractivity contribution is 0.0975. The summed E-state index contributed by atoms with van der Waals surface area (Å²) in [6.07, 6.45) is 3.51. The molecule has 4 aromatic rings. The van der Waals surface area contributed by atoms with Crippen LogP contribution in [-0.2, 0) is 13.1 Å². The summed E-state index contributed by atoms with van der Waals surface area (Å²) in [5, 5.41) is 5.11. The van der Waals surface area contributed by atoms with E-state index in [1.807, 2.05) is 57.2 Å². The summed E-state index contributed by atoms with van der Waals surface area (Å²) in [4.78, 5) is 24.2. The fourth-order valence-electron chi connectivity index (χ4n) is 3.19. The van der Waals surface area contributed by atoms with E-state index < -0.39 is 0 Å². The fourth-order valence-corrected chi connectivity index (χ4v) is 4.23. The summed E-state index contributed by atoms with van der Waals surface area (Å²) in [5.41, 5.74) is 4.38. The van der Waals surface area contributed by atoms with Crippen molar-refractivity contribution in [1.29, 1.82) is 0 Å². The summed E-state index contributed by atoms with van der Waals surface area (Å²) < 4.78 is 2.81. The molecule has 0 aliphatic heterocycles. The van der Waals surface area contributed by atoms with E-state index in [9.17, 15) is 4.79 Å². The maximum atomic E-state index is 13.5. The maximum absolute atomic E-state index is 13.5. The number of nitrogens with zero attached hydrogens (tertiary/aromatic N) is 5.